The summed E-state index contributed by atoms with van der Waals surface area (Å²) < 4.78 is 6.30. The number of hydrogen-bond acceptors (Lipinski definition) is 8. The molecule has 5 rings (SSSR count). The highest BCUT2D eigenvalue weighted by Gasteiger charge is 2.31. The normalized spacial score (nSPS) is 17.5. The molecule has 2 aliphatic rings. The van der Waals surface area contributed by atoms with Crippen molar-refractivity contribution in [1.82, 2.24) is 20.2 Å². The lowest BCUT2D eigenvalue weighted by atomic mass is 9.86. The van der Waals surface area contributed by atoms with Gasteiger partial charge in [0.25, 0.3) is 0 Å². The number of para-hydroxylation sites is 1. The molecule has 230 valence electrons. The van der Waals surface area contributed by atoms with E-state index in [1.807, 2.05) is 36.9 Å². The lowest BCUT2D eigenvalue weighted by molar-refractivity contribution is -0.134. The zero-order chi connectivity index (χ0) is 30.5. The molecule has 0 aliphatic carbocycles. The SMILES string of the molecule is Cc1cc(Nc2ncc(Cl)c(Nc3ccccc3SC(C)C)n2)c(OC(C)C)cc1C1CCN(C(=O)C2CCCN2)CC1. The van der Waals surface area contributed by atoms with Crippen molar-refractivity contribution in [1.29, 1.82) is 0 Å². The number of amides is 1. The van der Waals surface area contributed by atoms with Gasteiger partial charge in [-0.1, -0.05) is 37.6 Å². The van der Waals surface area contributed by atoms with E-state index in [9.17, 15) is 4.79 Å². The number of aryl methyl sites for hydroxylation is 1. The van der Waals surface area contributed by atoms with E-state index in [0.29, 0.717) is 28.0 Å². The van der Waals surface area contributed by atoms with Gasteiger partial charge in [0.15, 0.2) is 5.82 Å². The topological polar surface area (TPSA) is 91.4 Å². The number of carbonyl (C=O) groups is 1. The number of nitrogens with zero attached hydrogens (tertiary/aromatic N) is 3. The molecule has 10 heteroatoms. The highest BCUT2D eigenvalue weighted by atomic mass is 35.5. The number of thioether (sulfide) groups is 1. The van der Waals surface area contributed by atoms with E-state index in [1.165, 1.54) is 11.1 Å². The van der Waals surface area contributed by atoms with E-state index in [-0.39, 0.29) is 18.1 Å². The molecule has 0 spiro atoms. The average molecular weight is 623 g/mol. The van der Waals surface area contributed by atoms with Gasteiger partial charge >= 0.3 is 0 Å². The molecule has 2 aliphatic heterocycles. The van der Waals surface area contributed by atoms with Crippen molar-refractivity contribution in [3.8, 4) is 5.75 Å². The third-order valence-corrected chi connectivity index (χ3v) is 9.19. The van der Waals surface area contributed by atoms with Crippen LogP contribution in [-0.2, 0) is 4.79 Å². The minimum Gasteiger partial charge on any atom is -0.489 e. The first kappa shape index (κ1) is 31.4. The summed E-state index contributed by atoms with van der Waals surface area (Å²) in [6, 6.07) is 12.4. The fourth-order valence-corrected chi connectivity index (χ4v) is 6.86. The van der Waals surface area contributed by atoms with Crippen LogP contribution in [-0.4, -0.2) is 57.8 Å². The van der Waals surface area contributed by atoms with Crippen LogP contribution in [0, 0.1) is 6.92 Å². The summed E-state index contributed by atoms with van der Waals surface area (Å²) in [5, 5.41) is 11.0. The Hall–Kier alpha value is -3.01. The summed E-state index contributed by atoms with van der Waals surface area (Å²) in [4.78, 5) is 25.3. The predicted molar refractivity (Wildman–Crippen MR) is 178 cm³/mol. The molecule has 43 heavy (non-hydrogen) atoms. The van der Waals surface area contributed by atoms with Gasteiger partial charge in [-0.2, -0.15) is 4.98 Å². The molecule has 2 aromatic carbocycles. The number of aromatic nitrogens is 2. The summed E-state index contributed by atoms with van der Waals surface area (Å²) in [6.07, 6.45) is 5.51. The molecule has 3 N–H and O–H groups in total. The molecule has 3 heterocycles. The second kappa shape index (κ2) is 14.2. The monoisotopic (exact) mass is 622 g/mol. The summed E-state index contributed by atoms with van der Waals surface area (Å²) in [5.41, 5.74) is 4.20. The minimum atomic E-state index is -0.00666. The predicted octanol–water partition coefficient (Wildman–Crippen LogP) is 7.67. The number of halogens is 1. The average Bonchev–Trinajstić information content (AvgIpc) is 3.52. The van der Waals surface area contributed by atoms with Gasteiger partial charge in [0.05, 0.1) is 29.7 Å². The molecule has 0 saturated carbocycles. The Bertz CT molecular complexity index is 1420. The van der Waals surface area contributed by atoms with Gasteiger partial charge in [-0.05, 0) is 94.3 Å². The van der Waals surface area contributed by atoms with Gasteiger partial charge in [-0.15, -0.1) is 11.8 Å². The van der Waals surface area contributed by atoms with Crippen molar-refractivity contribution in [2.75, 3.05) is 30.3 Å². The second-order valence-electron chi connectivity index (χ2n) is 11.9. The fraction of sp³-hybridized carbons (Fsp3) is 0.485. The molecular weight excluding hydrogens is 580 g/mol. The first-order chi connectivity index (χ1) is 20.7. The Morgan fingerprint density at radius 3 is 2.56 bits per heavy atom. The van der Waals surface area contributed by atoms with Crippen molar-refractivity contribution >= 4 is 52.4 Å². The maximum atomic E-state index is 12.9. The van der Waals surface area contributed by atoms with Gasteiger partial charge in [-0.25, -0.2) is 4.98 Å². The zero-order valence-corrected chi connectivity index (χ0v) is 27.3. The number of hydrogen-bond donors (Lipinski definition) is 3. The third kappa shape index (κ3) is 7.94. The zero-order valence-electron chi connectivity index (χ0n) is 25.7. The quantitative estimate of drug-likeness (QED) is 0.198. The molecule has 2 saturated heterocycles. The minimum absolute atomic E-state index is 0.00540. The summed E-state index contributed by atoms with van der Waals surface area (Å²) >= 11 is 8.31. The number of benzene rings is 2. The Labute approximate surface area is 264 Å². The van der Waals surface area contributed by atoms with Gasteiger partial charge < -0.3 is 25.6 Å². The number of rotatable bonds is 10. The van der Waals surface area contributed by atoms with E-state index in [1.54, 1.807) is 18.0 Å². The maximum Gasteiger partial charge on any atom is 0.239 e. The van der Waals surface area contributed by atoms with Crippen molar-refractivity contribution in [2.45, 2.75) is 88.5 Å². The number of piperidine rings is 1. The van der Waals surface area contributed by atoms with Gasteiger partial charge in [-0.3, -0.25) is 4.79 Å². The molecule has 8 nitrogen and oxygen atoms in total. The van der Waals surface area contributed by atoms with Crippen LogP contribution in [0.5, 0.6) is 5.75 Å². The van der Waals surface area contributed by atoms with Crippen LogP contribution >= 0.6 is 23.4 Å². The molecule has 1 atom stereocenters. The van der Waals surface area contributed by atoms with Gasteiger partial charge in [0.2, 0.25) is 11.9 Å². The maximum absolute atomic E-state index is 12.9. The molecule has 3 aromatic rings. The van der Waals surface area contributed by atoms with E-state index >= 15 is 0 Å². The van der Waals surface area contributed by atoms with Crippen molar-refractivity contribution in [2.24, 2.45) is 0 Å². The molecule has 0 radical (unpaired) electrons. The summed E-state index contributed by atoms with van der Waals surface area (Å²) in [7, 11) is 0. The fourth-order valence-electron chi connectivity index (χ4n) is 5.81. The lowest BCUT2D eigenvalue weighted by Gasteiger charge is -2.34. The van der Waals surface area contributed by atoms with Crippen molar-refractivity contribution < 1.29 is 9.53 Å². The van der Waals surface area contributed by atoms with E-state index in [0.717, 1.165) is 67.3 Å². The number of carbonyl (C=O) groups excluding carboxylic acids is 1. The molecule has 0 bridgehead atoms. The highest BCUT2D eigenvalue weighted by Crippen LogP contribution is 2.39. The Morgan fingerprint density at radius 1 is 1.09 bits per heavy atom. The first-order valence-electron chi connectivity index (χ1n) is 15.3. The standard InChI is InChI=1S/C33H43ClN6O2S/c1-20(2)42-29-18-24(23-12-15-40(16-13-23)32(41)27-10-8-14-35-27)22(5)17-28(29)38-33-36-19-25(34)31(39-33)37-26-9-6-7-11-30(26)43-21(3)4/h6-7,9,11,17-21,23,27,35H,8,10,12-16H2,1-5H3,(H2,36,37,38,39). The number of nitrogens with one attached hydrogen (secondary N) is 3. The van der Waals surface area contributed by atoms with E-state index in [4.69, 9.17) is 21.3 Å². The number of anilines is 4. The Balaban J connectivity index is 1.34. The van der Waals surface area contributed by atoms with E-state index in [2.05, 4.69) is 59.9 Å². The summed E-state index contributed by atoms with van der Waals surface area (Å²) in [6.45, 7) is 13.0. The first-order valence-corrected chi connectivity index (χ1v) is 16.6. The van der Waals surface area contributed by atoms with Gasteiger partial charge in [0, 0.05) is 23.2 Å². The van der Waals surface area contributed by atoms with E-state index < -0.39 is 0 Å². The van der Waals surface area contributed by atoms with Crippen LogP contribution in [0.25, 0.3) is 0 Å². The van der Waals surface area contributed by atoms with Gasteiger partial charge in [0.1, 0.15) is 10.8 Å². The smallest absolute Gasteiger partial charge is 0.239 e. The van der Waals surface area contributed by atoms with Crippen LogP contribution in [0.15, 0.2) is 47.5 Å². The third-order valence-electron chi connectivity index (χ3n) is 7.83. The second-order valence-corrected chi connectivity index (χ2v) is 13.9. The number of likely N-dealkylation sites (tertiary alicyclic amines) is 1. The highest BCUT2D eigenvalue weighted by molar-refractivity contribution is 8.00. The van der Waals surface area contributed by atoms with Crippen LogP contribution < -0.4 is 20.7 Å². The van der Waals surface area contributed by atoms with Crippen LogP contribution in [0.3, 0.4) is 0 Å². The Kier molecular flexibility index (Phi) is 10.4. The molecule has 2 fully saturated rings. The molecule has 1 amide bonds. The van der Waals surface area contributed by atoms with Crippen molar-refractivity contribution in [3.63, 3.8) is 0 Å². The number of ether oxygens (including phenoxy) is 1. The van der Waals surface area contributed by atoms with Crippen LogP contribution in [0.1, 0.15) is 70.4 Å². The lowest BCUT2D eigenvalue weighted by Crippen LogP contribution is -2.46. The summed E-state index contributed by atoms with van der Waals surface area (Å²) in [5.74, 6) is 2.35. The molecular formula is C33H43ClN6O2S. The Morgan fingerprint density at radius 2 is 1.86 bits per heavy atom. The van der Waals surface area contributed by atoms with Crippen LogP contribution in [0.2, 0.25) is 5.02 Å². The molecule has 1 unspecified atom stereocenters. The van der Waals surface area contributed by atoms with Crippen LogP contribution in [0.4, 0.5) is 23.1 Å². The van der Waals surface area contributed by atoms with Crippen molar-refractivity contribution in [3.05, 3.63) is 58.7 Å². The molecule has 1 aromatic heterocycles. The largest absolute Gasteiger partial charge is 0.489 e.